The SMILES string of the molecule is CN1C(CCO)CN(C2CCCC2)CC1(C)C. The van der Waals surface area contributed by atoms with Gasteiger partial charge in [-0.2, -0.15) is 0 Å². The molecule has 1 saturated carbocycles. The van der Waals surface area contributed by atoms with Crippen molar-refractivity contribution in [1.82, 2.24) is 9.80 Å². The van der Waals surface area contributed by atoms with E-state index >= 15 is 0 Å². The quantitative estimate of drug-likeness (QED) is 0.813. The summed E-state index contributed by atoms with van der Waals surface area (Å²) in [4.78, 5) is 5.15. The minimum atomic E-state index is 0.237. The first-order valence-corrected chi connectivity index (χ1v) is 7.12. The molecule has 0 aromatic carbocycles. The zero-order chi connectivity index (χ0) is 12.5. The largest absolute Gasteiger partial charge is 0.396 e. The highest BCUT2D eigenvalue weighted by Gasteiger charge is 2.39. The van der Waals surface area contributed by atoms with E-state index in [9.17, 15) is 5.11 Å². The topological polar surface area (TPSA) is 26.7 Å². The van der Waals surface area contributed by atoms with Gasteiger partial charge in [-0.3, -0.25) is 9.80 Å². The van der Waals surface area contributed by atoms with Gasteiger partial charge in [0.15, 0.2) is 0 Å². The zero-order valence-electron chi connectivity index (χ0n) is 11.7. The molecule has 0 amide bonds. The van der Waals surface area contributed by atoms with Gasteiger partial charge in [-0.1, -0.05) is 12.8 Å². The van der Waals surface area contributed by atoms with Crippen LogP contribution < -0.4 is 0 Å². The lowest BCUT2D eigenvalue weighted by Gasteiger charge is -2.52. The fourth-order valence-corrected chi connectivity index (χ4v) is 3.54. The summed E-state index contributed by atoms with van der Waals surface area (Å²) >= 11 is 0. The van der Waals surface area contributed by atoms with Gasteiger partial charge in [0.2, 0.25) is 0 Å². The Morgan fingerprint density at radius 3 is 2.47 bits per heavy atom. The van der Waals surface area contributed by atoms with Crippen LogP contribution in [0.4, 0.5) is 0 Å². The minimum absolute atomic E-state index is 0.237. The van der Waals surface area contributed by atoms with Crippen molar-refractivity contribution in [2.24, 2.45) is 0 Å². The van der Waals surface area contributed by atoms with Gasteiger partial charge in [0.1, 0.15) is 0 Å². The summed E-state index contributed by atoms with van der Waals surface area (Å²) in [5.41, 5.74) is 0.237. The van der Waals surface area contributed by atoms with Crippen molar-refractivity contribution >= 4 is 0 Å². The van der Waals surface area contributed by atoms with Crippen LogP contribution in [-0.2, 0) is 0 Å². The van der Waals surface area contributed by atoms with Crippen molar-refractivity contribution < 1.29 is 5.11 Å². The molecule has 17 heavy (non-hydrogen) atoms. The standard InChI is InChI=1S/C14H28N2O/c1-14(2)11-16(12-6-4-5-7-12)10-13(8-9-17)15(14)3/h12-13,17H,4-11H2,1-3H3. The van der Waals surface area contributed by atoms with Crippen LogP contribution in [0.3, 0.4) is 0 Å². The van der Waals surface area contributed by atoms with E-state index in [1.807, 2.05) is 0 Å². The van der Waals surface area contributed by atoms with Crippen molar-refractivity contribution in [3.05, 3.63) is 0 Å². The highest BCUT2D eigenvalue weighted by atomic mass is 16.3. The number of hydrogen-bond donors (Lipinski definition) is 1. The summed E-state index contributed by atoms with van der Waals surface area (Å²) in [5.74, 6) is 0. The Kier molecular flexibility index (Phi) is 4.11. The van der Waals surface area contributed by atoms with E-state index in [0.717, 1.165) is 19.0 Å². The predicted octanol–water partition coefficient (Wildman–Crippen LogP) is 1.71. The van der Waals surface area contributed by atoms with Crippen LogP contribution in [0.5, 0.6) is 0 Å². The Labute approximate surface area is 106 Å². The van der Waals surface area contributed by atoms with Crippen molar-refractivity contribution in [1.29, 1.82) is 0 Å². The van der Waals surface area contributed by atoms with Gasteiger partial charge in [0.25, 0.3) is 0 Å². The van der Waals surface area contributed by atoms with Crippen LogP contribution in [0, 0.1) is 0 Å². The molecular formula is C14H28N2O. The monoisotopic (exact) mass is 240 g/mol. The van der Waals surface area contributed by atoms with E-state index in [1.165, 1.54) is 32.2 Å². The Bertz CT molecular complexity index is 249. The maximum absolute atomic E-state index is 9.21. The molecular weight excluding hydrogens is 212 g/mol. The van der Waals surface area contributed by atoms with Gasteiger partial charge in [-0.05, 0) is 40.2 Å². The van der Waals surface area contributed by atoms with Crippen LogP contribution in [0.25, 0.3) is 0 Å². The first kappa shape index (κ1) is 13.3. The molecule has 1 saturated heterocycles. The highest BCUT2D eigenvalue weighted by molar-refractivity contribution is 4.96. The van der Waals surface area contributed by atoms with Crippen molar-refractivity contribution in [2.75, 3.05) is 26.7 Å². The van der Waals surface area contributed by atoms with E-state index in [4.69, 9.17) is 0 Å². The number of rotatable bonds is 3. The molecule has 3 heteroatoms. The Balaban J connectivity index is 2.04. The maximum Gasteiger partial charge on any atom is 0.0446 e. The van der Waals surface area contributed by atoms with Gasteiger partial charge in [0, 0.05) is 37.3 Å². The van der Waals surface area contributed by atoms with Crippen LogP contribution in [0.1, 0.15) is 46.0 Å². The molecule has 100 valence electrons. The second kappa shape index (κ2) is 5.25. The average molecular weight is 240 g/mol. The third-order valence-corrected chi connectivity index (χ3v) is 4.84. The molecule has 0 aromatic rings. The summed E-state index contributed by atoms with van der Waals surface area (Å²) in [7, 11) is 2.21. The van der Waals surface area contributed by atoms with Gasteiger partial charge < -0.3 is 5.11 Å². The zero-order valence-corrected chi connectivity index (χ0v) is 11.7. The Morgan fingerprint density at radius 2 is 1.88 bits per heavy atom. The molecule has 1 unspecified atom stereocenters. The van der Waals surface area contributed by atoms with Gasteiger partial charge in [0.05, 0.1) is 0 Å². The number of piperazine rings is 1. The molecule has 0 bridgehead atoms. The second-order valence-electron chi connectivity index (χ2n) is 6.46. The van der Waals surface area contributed by atoms with Crippen molar-refractivity contribution in [3.8, 4) is 0 Å². The van der Waals surface area contributed by atoms with E-state index in [0.29, 0.717) is 12.6 Å². The summed E-state index contributed by atoms with van der Waals surface area (Å²) in [6.07, 6.45) is 6.48. The lowest BCUT2D eigenvalue weighted by Crippen LogP contribution is -2.64. The lowest BCUT2D eigenvalue weighted by atomic mass is 9.93. The summed E-state index contributed by atoms with van der Waals surface area (Å²) < 4.78 is 0. The average Bonchev–Trinajstić information content (AvgIpc) is 2.78. The fourth-order valence-electron chi connectivity index (χ4n) is 3.54. The number of likely N-dealkylation sites (N-methyl/N-ethyl adjacent to an activating group) is 1. The first-order chi connectivity index (χ1) is 8.04. The van der Waals surface area contributed by atoms with Gasteiger partial charge in [-0.25, -0.2) is 0 Å². The van der Waals surface area contributed by atoms with E-state index in [1.54, 1.807) is 0 Å². The molecule has 2 fully saturated rings. The molecule has 1 aliphatic heterocycles. The van der Waals surface area contributed by atoms with Crippen molar-refractivity contribution in [3.63, 3.8) is 0 Å². The van der Waals surface area contributed by atoms with E-state index < -0.39 is 0 Å². The molecule has 2 rings (SSSR count). The van der Waals surface area contributed by atoms with Crippen LogP contribution in [-0.4, -0.2) is 59.3 Å². The summed E-state index contributed by atoms with van der Waals surface area (Å²) in [6, 6.07) is 1.33. The van der Waals surface area contributed by atoms with Crippen LogP contribution >= 0.6 is 0 Å². The van der Waals surface area contributed by atoms with Crippen molar-refractivity contribution in [2.45, 2.75) is 63.6 Å². The molecule has 1 aliphatic carbocycles. The van der Waals surface area contributed by atoms with Crippen LogP contribution in [0.15, 0.2) is 0 Å². The number of nitrogens with zero attached hydrogens (tertiary/aromatic N) is 2. The highest BCUT2D eigenvalue weighted by Crippen LogP contribution is 2.31. The molecule has 1 heterocycles. The first-order valence-electron chi connectivity index (χ1n) is 7.12. The maximum atomic E-state index is 9.21. The Hall–Kier alpha value is -0.120. The predicted molar refractivity (Wildman–Crippen MR) is 71.2 cm³/mol. The third-order valence-electron chi connectivity index (χ3n) is 4.84. The lowest BCUT2D eigenvalue weighted by molar-refractivity contribution is -0.0307. The van der Waals surface area contributed by atoms with E-state index in [-0.39, 0.29) is 5.54 Å². The third kappa shape index (κ3) is 2.83. The summed E-state index contributed by atoms with van der Waals surface area (Å²) in [6.45, 7) is 7.29. The van der Waals surface area contributed by atoms with Crippen LogP contribution in [0.2, 0.25) is 0 Å². The molecule has 0 spiro atoms. The second-order valence-corrected chi connectivity index (χ2v) is 6.46. The molecule has 2 aliphatic rings. The smallest absolute Gasteiger partial charge is 0.0446 e. The molecule has 0 radical (unpaired) electrons. The molecule has 3 nitrogen and oxygen atoms in total. The normalized spacial score (nSPS) is 32.1. The fraction of sp³-hybridized carbons (Fsp3) is 1.00. The molecule has 1 atom stereocenters. The number of hydrogen-bond acceptors (Lipinski definition) is 3. The minimum Gasteiger partial charge on any atom is -0.396 e. The number of aliphatic hydroxyl groups is 1. The molecule has 0 aromatic heterocycles. The Morgan fingerprint density at radius 1 is 1.24 bits per heavy atom. The summed E-state index contributed by atoms with van der Waals surface area (Å²) in [5, 5.41) is 9.21. The van der Waals surface area contributed by atoms with Gasteiger partial charge in [-0.15, -0.1) is 0 Å². The van der Waals surface area contributed by atoms with Gasteiger partial charge >= 0.3 is 0 Å². The number of aliphatic hydroxyl groups excluding tert-OH is 1. The van der Waals surface area contributed by atoms with E-state index in [2.05, 4.69) is 30.7 Å². The molecule has 1 N–H and O–H groups in total.